The van der Waals surface area contributed by atoms with Crippen molar-refractivity contribution in [1.82, 2.24) is 5.43 Å². The molecule has 0 aliphatic carbocycles. The Labute approximate surface area is 203 Å². The highest BCUT2D eigenvalue weighted by molar-refractivity contribution is 6.04. The van der Waals surface area contributed by atoms with Crippen molar-refractivity contribution in [2.45, 2.75) is 6.92 Å². The summed E-state index contributed by atoms with van der Waals surface area (Å²) in [6.07, 6.45) is 3.13. The molecule has 0 radical (unpaired) electrons. The zero-order valence-electron chi connectivity index (χ0n) is 19.2. The molecular weight excluding hydrogens is 440 g/mol. The van der Waals surface area contributed by atoms with E-state index in [9.17, 15) is 9.59 Å². The smallest absolute Gasteiger partial charge is 0.343 e. The zero-order chi connectivity index (χ0) is 24.6. The highest BCUT2D eigenvalue weighted by Crippen LogP contribution is 2.27. The lowest BCUT2D eigenvalue weighted by molar-refractivity contribution is 0.0734. The lowest BCUT2D eigenvalue weighted by atomic mass is 10.0. The van der Waals surface area contributed by atoms with E-state index >= 15 is 0 Å². The molecule has 0 bridgehead atoms. The molecule has 0 saturated heterocycles. The minimum atomic E-state index is -0.471. The van der Waals surface area contributed by atoms with Crippen LogP contribution in [-0.2, 0) is 0 Å². The highest BCUT2D eigenvalue weighted by Gasteiger charge is 2.14. The van der Waals surface area contributed by atoms with Gasteiger partial charge in [0, 0.05) is 11.1 Å². The van der Waals surface area contributed by atoms with Crippen LogP contribution in [0.5, 0.6) is 11.5 Å². The lowest BCUT2D eigenvalue weighted by Crippen LogP contribution is -2.17. The maximum atomic E-state index is 12.8. The van der Waals surface area contributed by atoms with E-state index in [0.29, 0.717) is 34.8 Å². The molecule has 0 heterocycles. The summed E-state index contributed by atoms with van der Waals surface area (Å²) in [5, 5.41) is 5.92. The molecule has 1 amide bonds. The van der Waals surface area contributed by atoms with Gasteiger partial charge in [0.1, 0.15) is 18.1 Å². The molecule has 0 aromatic heterocycles. The number of esters is 1. The molecule has 0 spiro atoms. The molecular formula is C29H24N2O4. The van der Waals surface area contributed by atoms with E-state index in [0.717, 1.165) is 16.3 Å². The van der Waals surface area contributed by atoms with E-state index in [1.54, 1.807) is 48.5 Å². The Morgan fingerprint density at radius 3 is 2.51 bits per heavy atom. The second-order valence-electron chi connectivity index (χ2n) is 7.78. The van der Waals surface area contributed by atoms with Gasteiger partial charge in [-0.15, -0.1) is 0 Å². The number of rotatable bonds is 8. The minimum absolute atomic E-state index is 0.344. The van der Waals surface area contributed by atoms with Crippen LogP contribution in [0.4, 0.5) is 0 Å². The Morgan fingerprint density at radius 1 is 0.943 bits per heavy atom. The standard InChI is InChI=1S/C29H24N2O4/c1-3-17-34-24-14-11-22(12-15-24)28(32)31-30-19-26-25-10-5-4-8-21(25)13-16-27(26)35-29(33)23-9-6-7-20(2)18-23/h3-16,18-19H,1,17H2,2H3,(H,31,32)/b30-19+. The highest BCUT2D eigenvalue weighted by atomic mass is 16.5. The third-order valence-corrected chi connectivity index (χ3v) is 5.23. The van der Waals surface area contributed by atoms with Crippen molar-refractivity contribution in [3.05, 3.63) is 120 Å². The molecule has 6 heteroatoms. The largest absolute Gasteiger partial charge is 0.490 e. The van der Waals surface area contributed by atoms with Crippen molar-refractivity contribution < 1.29 is 19.1 Å². The summed E-state index contributed by atoms with van der Waals surface area (Å²) in [5.41, 5.74) is 4.95. The fourth-order valence-electron chi connectivity index (χ4n) is 3.51. The van der Waals surface area contributed by atoms with Crippen molar-refractivity contribution in [3.63, 3.8) is 0 Å². The number of aryl methyl sites for hydroxylation is 1. The van der Waals surface area contributed by atoms with E-state index in [4.69, 9.17) is 9.47 Å². The van der Waals surface area contributed by atoms with Crippen molar-refractivity contribution in [1.29, 1.82) is 0 Å². The van der Waals surface area contributed by atoms with E-state index in [1.807, 2.05) is 49.4 Å². The van der Waals surface area contributed by atoms with Crippen LogP contribution in [-0.4, -0.2) is 24.7 Å². The zero-order valence-corrected chi connectivity index (χ0v) is 19.2. The molecule has 4 rings (SSSR count). The Bertz CT molecular complexity index is 1410. The molecule has 4 aromatic carbocycles. The Balaban J connectivity index is 1.56. The molecule has 4 aromatic rings. The molecule has 1 N–H and O–H groups in total. The summed E-state index contributed by atoms with van der Waals surface area (Å²) in [6.45, 7) is 5.91. The van der Waals surface area contributed by atoms with Crippen molar-refractivity contribution in [3.8, 4) is 11.5 Å². The maximum absolute atomic E-state index is 12.8. The van der Waals surface area contributed by atoms with Crippen LogP contribution in [0.25, 0.3) is 10.8 Å². The lowest BCUT2D eigenvalue weighted by Gasteiger charge is -2.11. The first-order valence-corrected chi connectivity index (χ1v) is 11.0. The summed E-state index contributed by atoms with van der Waals surface area (Å²) < 4.78 is 11.2. The Hall–Kier alpha value is -4.71. The van der Waals surface area contributed by atoms with Gasteiger partial charge in [0.25, 0.3) is 5.91 Å². The molecule has 0 aliphatic rings. The number of ether oxygens (including phenoxy) is 2. The second kappa shape index (κ2) is 10.9. The number of carbonyl (C=O) groups is 2. The molecule has 0 saturated carbocycles. The van der Waals surface area contributed by atoms with E-state index in [1.165, 1.54) is 6.21 Å². The van der Waals surface area contributed by atoms with E-state index in [2.05, 4.69) is 17.1 Å². The minimum Gasteiger partial charge on any atom is -0.490 e. The van der Waals surface area contributed by atoms with Gasteiger partial charge in [-0.05, 0) is 60.2 Å². The van der Waals surface area contributed by atoms with Crippen LogP contribution >= 0.6 is 0 Å². The molecule has 0 unspecified atom stereocenters. The van der Waals surface area contributed by atoms with Gasteiger partial charge in [-0.3, -0.25) is 4.79 Å². The fourth-order valence-corrected chi connectivity index (χ4v) is 3.51. The third kappa shape index (κ3) is 5.81. The van der Waals surface area contributed by atoms with Gasteiger partial charge in [-0.2, -0.15) is 5.10 Å². The SMILES string of the molecule is C=CCOc1ccc(C(=O)N/N=C/c2c(OC(=O)c3cccc(C)c3)ccc3ccccc23)cc1. The number of fused-ring (bicyclic) bond motifs is 1. The molecule has 35 heavy (non-hydrogen) atoms. The van der Waals surface area contributed by atoms with Crippen LogP contribution in [0, 0.1) is 6.92 Å². The van der Waals surface area contributed by atoms with Gasteiger partial charge >= 0.3 is 5.97 Å². The first-order valence-electron chi connectivity index (χ1n) is 11.0. The molecule has 0 fully saturated rings. The van der Waals surface area contributed by atoms with Crippen molar-refractivity contribution in [2.24, 2.45) is 5.10 Å². The normalized spacial score (nSPS) is 10.8. The van der Waals surface area contributed by atoms with Crippen molar-refractivity contribution in [2.75, 3.05) is 6.61 Å². The summed E-state index contributed by atoms with van der Waals surface area (Å²) in [6, 6.07) is 25.2. The average Bonchev–Trinajstić information content (AvgIpc) is 2.88. The predicted octanol–water partition coefficient (Wildman–Crippen LogP) is 5.70. The molecule has 0 aliphatic heterocycles. The van der Waals surface area contributed by atoms with Crippen molar-refractivity contribution >= 4 is 28.9 Å². The van der Waals surface area contributed by atoms with Crippen LogP contribution in [0.1, 0.15) is 31.8 Å². The number of carbonyl (C=O) groups excluding carboxylic acids is 2. The van der Waals surface area contributed by atoms with Crippen LogP contribution < -0.4 is 14.9 Å². The first-order chi connectivity index (χ1) is 17.0. The van der Waals surface area contributed by atoms with Gasteiger partial charge < -0.3 is 9.47 Å². The summed E-state index contributed by atoms with van der Waals surface area (Å²) in [4.78, 5) is 25.3. The Morgan fingerprint density at radius 2 is 1.74 bits per heavy atom. The quantitative estimate of drug-likeness (QED) is 0.119. The Kier molecular flexibility index (Phi) is 7.33. The summed E-state index contributed by atoms with van der Waals surface area (Å²) in [5.74, 6) is 0.134. The summed E-state index contributed by atoms with van der Waals surface area (Å²) >= 11 is 0. The third-order valence-electron chi connectivity index (χ3n) is 5.23. The average molecular weight is 465 g/mol. The maximum Gasteiger partial charge on any atom is 0.343 e. The monoisotopic (exact) mass is 464 g/mol. The second-order valence-corrected chi connectivity index (χ2v) is 7.78. The number of benzene rings is 4. The van der Waals surface area contributed by atoms with E-state index < -0.39 is 5.97 Å². The summed E-state index contributed by atoms with van der Waals surface area (Å²) in [7, 11) is 0. The number of hydrogen-bond donors (Lipinski definition) is 1. The van der Waals surface area contributed by atoms with E-state index in [-0.39, 0.29) is 5.91 Å². The van der Waals surface area contributed by atoms with Crippen LogP contribution in [0.15, 0.2) is 103 Å². The number of amides is 1. The number of hydrazone groups is 1. The van der Waals surface area contributed by atoms with Crippen LogP contribution in [0.3, 0.4) is 0 Å². The van der Waals surface area contributed by atoms with Gasteiger partial charge in [0.05, 0.1) is 11.8 Å². The fraction of sp³-hybridized carbons (Fsp3) is 0.0690. The van der Waals surface area contributed by atoms with Gasteiger partial charge in [0.2, 0.25) is 0 Å². The number of nitrogens with one attached hydrogen (secondary N) is 1. The number of nitrogens with zero attached hydrogens (tertiary/aromatic N) is 1. The number of hydrogen-bond acceptors (Lipinski definition) is 5. The molecule has 0 atom stereocenters. The van der Waals surface area contributed by atoms with Gasteiger partial charge in [-0.25, -0.2) is 10.2 Å². The molecule has 174 valence electrons. The predicted molar refractivity (Wildman–Crippen MR) is 137 cm³/mol. The first kappa shape index (κ1) is 23.4. The topological polar surface area (TPSA) is 77.0 Å². The van der Waals surface area contributed by atoms with Gasteiger partial charge in [0.15, 0.2) is 0 Å². The van der Waals surface area contributed by atoms with Gasteiger partial charge in [-0.1, -0.05) is 60.7 Å². The van der Waals surface area contributed by atoms with Crippen LogP contribution in [0.2, 0.25) is 0 Å². The molecule has 6 nitrogen and oxygen atoms in total.